The first-order chi connectivity index (χ1) is 14.1. The molecule has 1 aromatic rings. The largest absolute Gasteiger partial charge is 0.491 e. The predicted octanol–water partition coefficient (Wildman–Crippen LogP) is 2.66. The lowest BCUT2D eigenvalue weighted by atomic mass is 9.60. The number of hydrogen-bond acceptors (Lipinski definition) is 5. The van der Waals surface area contributed by atoms with Crippen LogP contribution < -0.4 is 10.1 Å². The minimum atomic E-state index is -0.915. The molecule has 2 heterocycles. The van der Waals surface area contributed by atoms with Crippen LogP contribution in [-0.4, -0.2) is 44.2 Å². The van der Waals surface area contributed by atoms with Crippen molar-refractivity contribution in [3.05, 3.63) is 29.3 Å². The highest BCUT2D eigenvalue weighted by Crippen LogP contribution is 2.60. The van der Waals surface area contributed by atoms with Crippen molar-refractivity contribution in [1.82, 2.24) is 5.32 Å². The molecule has 0 bridgehead atoms. The van der Waals surface area contributed by atoms with Crippen molar-refractivity contribution in [2.75, 3.05) is 20.3 Å². The Bertz CT molecular complexity index is 823. The fraction of sp³-hybridized carbons (Fsp3) is 0.652. The summed E-state index contributed by atoms with van der Waals surface area (Å²) in [6.07, 6.45) is 6.83. The summed E-state index contributed by atoms with van der Waals surface area (Å²) < 4.78 is 17.2. The van der Waals surface area contributed by atoms with Gasteiger partial charge in [0.2, 0.25) is 5.91 Å². The Morgan fingerprint density at radius 2 is 2.03 bits per heavy atom. The number of amides is 1. The van der Waals surface area contributed by atoms with Gasteiger partial charge in [0.1, 0.15) is 17.9 Å². The average molecular weight is 399 g/mol. The van der Waals surface area contributed by atoms with Crippen LogP contribution in [0.15, 0.2) is 18.2 Å². The lowest BCUT2D eigenvalue weighted by molar-refractivity contribution is -0.129. The predicted molar refractivity (Wildman–Crippen MR) is 106 cm³/mol. The molecular weight excluding hydrogens is 370 g/mol. The number of hydrogen-bond donors (Lipinski definition) is 1. The number of ketones is 1. The molecule has 1 saturated carbocycles. The molecule has 2 saturated heterocycles. The number of rotatable bonds is 4. The Kier molecular flexibility index (Phi) is 4.67. The summed E-state index contributed by atoms with van der Waals surface area (Å²) in [5.41, 5.74) is 0.914. The third kappa shape index (κ3) is 2.91. The van der Waals surface area contributed by atoms with Gasteiger partial charge in [-0.15, -0.1) is 0 Å². The van der Waals surface area contributed by atoms with Crippen LogP contribution in [-0.2, 0) is 31.0 Å². The topological polar surface area (TPSA) is 73.9 Å². The van der Waals surface area contributed by atoms with Gasteiger partial charge < -0.3 is 19.5 Å². The second kappa shape index (κ2) is 7.10. The number of methoxy groups -OCH3 is 1. The summed E-state index contributed by atoms with van der Waals surface area (Å²) in [7, 11) is 1.75. The van der Waals surface area contributed by atoms with Crippen LogP contribution in [0, 0.1) is 5.41 Å². The zero-order valence-electron chi connectivity index (χ0n) is 17.0. The first-order valence-electron chi connectivity index (χ1n) is 10.8. The molecule has 2 spiro atoms. The van der Waals surface area contributed by atoms with Gasteiger partial charge in [-0.3, -0.25) is 9.59 Å². The van der Waals surface area contributed by atoms with Gasteiger partial charge in [0.15, 0.2) is 5.78 Å². The smallest absolute Gasteiger partial charge is 0.228 e. The second-order valence-electron chi connectivity index (χ2n) is 9.06. The second-order valence-corrected chi connectivity index (χ2v) is 9.06. The quantitative estimate of drug-likeness (QED) is 0.788. The van der Waals surface area contributed by atoms with Crippen molar-refractivity contribution in [2.45, 2.75) is 69.1 Å². The van der Waals surface area contributed by atoms with E-state index in [2.05, 4.69) is 11.4 Å². The zero-order valence-corrected chi connectivity index (χ0v) is 17.0. The minimum absolute atomic E-state index is 0.00777. The van der Waals surface area contributed by atoms with Crippen molar-refractivity contribution in [2.24, 2.45) is 5.41 Å². The number of benzene rings is 1. The maximum Gasteiger partial charge on any atom is 0.228 e. The lowest BCUT2D eigenvalue weighted by Gasteiger charge is -2.47. The maximum atomic E-state index is 13.3. The standard InChI is InChI=1S/C23H29NO5/c1-27-16-6-8-22(9-7-16)13-15-4-5-17(29-14-18-3-2-10-28-18)11-19(15)23(22)20(25)12-21(26)24-23/h4-5,11,16,18H,2-3,6-10,12-14H2,1H3,(H,24,26). The lowest BCUT2D eigenvalue weighted by Crippen LogP contribution is -2.56. The SMILES string of the molecule is COC1CCC2(CC1)Cc1ccc(OCC3CCCO3)cc1C21NC(=O)CC1=O. The molecule has 1 aromatic carbocycles. The molecule has 2 atom stereocenters. The number of fused-ring (bicyclic) bond motifs is 3. The van der Waals surface area contributed by atoms with Crippen LogP contribution in [0.2, 0.25) is 0 Å². The van der Waals surface area contributed by atoms with Crippen LogP contribution in [0.4, 0.5) is 0 Å². The molecule has 156 valence electrons. The first kappa shape index (κ1) is 19.1. The summed E-state index contributed by atoms with van der Waals surface area (Å²) in [5, 5.41) is 3.14. The van der Waals surface area contributed by atoms with E-state index >= 15 is 0 Å². The van der Waals surface area contributed by atoms with E-state index in [9.17, 15) is 9.59 Å². The molecule has 3 fully saturated rings. The highest BCUT2D eigenvalue weighted by atomic mass is 16.5. The number of nitrogens with one attached hydrogen (secondary N) is 1. The minimum Gasteiger partial charge on any atom is -0.491 e. The van der Waals surface area contributed by atoms with Crippen molar-refractivity contribution in [3.63, 3.8) is 0 Å². The van der Waals surface area contributed by atoms with E-state index in [4.69, 9.17) is 14.2 Å². The maximum absolute atomic E-state index is 13.3. The Balaban J connectivity index is 1.48. The van der Waals surface area contributed by atoms with Crippen LogP contribution in [0.3, 0.4) is 0 Å². The molecule has 2 aliphatic heterocycles. The van der Waals surface area contributed by atoms with E-state index in [1.165, 1.54) is 0 Å². The molecule has 0 aromatic heterocycles. The van der Waals surface area contributed by atoms with Gasteiger partial charge >= 0.3 is 0 Å². The van der Waals surface area contributed by atoms with Crippen LogP contribution in [0.25, 0.3) is 0 Å². The van der Waals surface area contributed by atoms with Gasteiger partial charge in [-0.05, 0) is 68.2 Å². The highest BCUT2D eigenvalue weighted by molar-refractivity contribution is 6.11. The van der Waals surface area contributed by atoms with Crippen molar-refractivity contribution in [1.29, 1.82) is 0 Å². The monoisotopic (exact) mass is 399 g/mol. The Morgan fingerprint density at radius 3 is 2.69 bits per heavy atom. The van der Waals surface area contributed by atoms with E-state index < -0.39 is 5.54 Å². The first-order valence-corrected chi connectivity index (χ1v) is 10.8. The average Bonchev–Trinajstić information content (AvgIpc) is 3.41. The Morgan fingerprint density at radius 1 is 1.21 bits per heavy atom. The summed E-state index contributed by atoms with van der Waals surface area (Å²) in [6.45, 7) is 1.32. The highest BCUT2D eigenvalue weighted by Gasteiger charge is 2.65. The molecule has 0 radical (unpaired) electrons. The fourth-order valence-corrected chi connectivity index (χ4v) is 6.08. The van der Waals surface area contributed by atoms with E-state index in [0.29, 0.717) is 6.61 Å². The number of ether oxygens (including phenoxy) is 3. The molecule has 6 heteroatoms. The van der Waals surface area contributed by atoms with Gasteiger partial charge in [-0.2, -0.15) is 0 Å². The normalized spacial score (nSPS) is 36.0. The Hall–Kier alpha value is -1.92. The third-order valence-electron chi connectivity index (χ3n) is 7.56. The molecule has 6 nitrogen and oxygen atoms in total. The molecule has 29 heavy (non-hydrogen) atoms. The van der Waals surface area contributed by atoms with Gasteiger partial charge in [-0.25, -0.2) is 0 Å². The number of carbonyl (C=O) groups is 2. The van der Waals surface area contributed by atoms with Gasteiger partial charge in [0.25, 0.3) is 0 Å². The molecule has 1 N–H and O–H groups in total. The fourth-order valence-electron chi connectivity index (χ4n) is 6.08. The van der Waals surface area contributed by atoms with E-state index in [1.807, 2.05) is 12.1 Å². The van der Waals surface area contributed by atoms with E-state index in [-0.39, 0.29) is 35.7 Å². The molecule has 2 aliphatic carbocycles. The Labute approximate surface area is 171 Å². The van der Waals surface area contributed by atoms with Crippen molar-refractivity contribution in [3.8, 4) is 5.75 Å². The third-order valence-corrected chi connectivity index (χ3v) is 7.56. The zero-order chi connectivity index (χ0) is 20.1. The molecule has 5 rings (SSSR count). The van der Waals surface area contributed by atoms with E-state index in [1.54, 1.807) is 7.11 Å². The van der Waals surface area contributed by atoms with Crippen LogP contribution in [0.5, 0.6) is 5.75 Å². The molecule has 2 unspecified atom stereocenters. The number of Topliss-reactive ketones (excluding diaryl/α,β-unsaturated/α-hetero) is 1. The van der Waals surface area contributed by atoms with Gasteiger partial charge in [-0.1, -0.05) is 6.07 Å². The van der Waals surface area contributed by atoms with Gasteiger partial charge in [0, 0.05) is 19.1 Å². The van der Waals surface area contributed by atoms with Crippen molar-refractivity contribution < 1.29 is 23.8 Å². The van der Waals surface area contributed by atoms with Crippen molar-refractivity contribution >= 4 is 11.7 Å². The summed E-state index contributed by atoms with van der Waals surface area (Å²) in [6, 6.07) is 6.06. The van der Waals surface area contributed by atoms with Crippen LogP contribution in [0.1, 0.15) is 56.1 Å². The van der Waals surface area contributed by atoms with E-state index in [0.717, 1.165) is 68.4 Å². The summed E-state index contributed by atoms with van der Waals surface area (Å²) >= 11 is 0. The number of carbonyl (C=O) groups excluding carboxylic acids is 2. The van der Waals surface area contributed by atoms with Crippen LogP contribution >= 0.6 is 0 Å². The summed E-state index contributed by atoms with van der Waals surface area (Å²) in [4.78, 5) is 25.7. The summed E-state index contributed by atoms with van der Waals surface area (Å²) in [5.74, 6) is 0.588. The van der Waals surface area contributed by atoms with Gasteiger partial charge in [0.05, 0.1) is 18.6 Å². The molecule has 1 amide bonds. The molecular formula is C23H29NO5. The molecule has 4 aliphatic rings.